The fraction of sp³-hybridized carbons (Fsp3) is 0.227. The van der Waals surface area contributed by atoms with Gasteiger partial charge < -0.3 is 0 Å². The van der Waals surface area contributed by atoms with Gasteiger partial charge in [0.05, 0.1) is 22.3 Å². The maximum absolute atomic E-state index is 13.2. The minimum absolute atomic E-state index is 0.248. The van der Waals surface area contributed by atoms with Gasteiger partial charge in [0.1, 0.15) is 0 Å². The molecule has 0 spiro atoms. The van der Waals surface area contributed by atoms with E-state index in [1.54, 1.807) is 0 Å². The zero-order chi connectivity index (χ0) is 18.4. The number of hydrogen-bond acceptors (Lipinski definition) is 2. The van der Waals surface area contributed by atoms with E-state index in [4.69, 9.17) is 6.42 Å². The van der Waals surface area contributed by atoms with Crippen molar-refractivity contribution in [2.24, 2.45) is 0 Å². The van der Waals surface area contributed by atoms with Crippen LogP contribution >= 0.6 is 0 Å². The van der Waals surface area contributed by atoms with Gasteiger partial charge in [-0.25, -0.2) is 4.21 Å². The molecule has 0 saturated carbocycles. The van der Waals surface area contributed by atoms with Crippen LogP contribution in [-0.4, -0.2) is 4.21 Å². The van der Waals surface area contributed by atoms with Gasteiger partial charge in [0.2, 0.25) is 0 Å². The SMILES string of the molecule is C#CC[C@](C#N)(CC(=C)C)c1ccccc1[S@@](=O)c1ccc(C)cc1. The Kier molecular flexibility index (Phi) is 5.97. The van der Waals surface area contributed by atoms with Crippen LogP contribution < -0.4 is 0 Å². The Labute approximate surface area is 152 Å². The van der Waals surface area contributed by atoms with Crippen molar-refractivity contribution in [2.45, 2.75) is 41.9 Å². The number of nitriles is 1. The molecule has 0 amide bonds. The molecule has 0 aliphatic carbocycles. The normalized spacial score (nSPS) is 13.9. The van der Waals surface area contributed by atoms with E-state index >= 15 is 0 Å². The highest BCUT2D eigenvalue weighted by atomic mass is 32.2. The van der Waals surface area contributed by atoms with Crippen molar-refractivity contribution >= 4 is 10.8 Å². The second-order valence-corrected chi connectivity index (χ2v) is 7.74. The molecule has 0 aliphatic rings. The third-order valence-corrected chi connectivity index (χ3v) is 5.51. The molecule has 0 unspecified atom stereocenters. The lowest BCUT2D eigenvalue weighted by atomic mass is 9.74. The third-order valence-electron chi connectivity index (χ3n) is 4.06. The van der Waals surface area contributed by atoms with Gasteiger partial charge in [-0.05, 0) is 44.0 Å². The molecule has 2 aromatic rings. The van der Waals surface area contributed by atoms with Crippen molar-refractivity contribution in [3.8, 4) is 18.4 Å². The first-order valence-electron chi connectivity index (χ1n) is 8.00. The Morgan fingerprint density at radius 2 is 1.88 bits per heavy atom. The summed E-state index contributed by atoms with van der Waals surface area (Å²) in [5.41, 5.74) is 1.78. The highest BCUT2D eigenvalue weighted by Crippen LogP contribution is 2.38. The predicted molar refractivity (Wildman–Crippen MR) is 102 cm³/mol. The number of aryl methyl sites for hydroxylation is 1. The van der Waals surface area contributed by atoms with Crippen molar-refractivity contribution in [2.75, 3.05) is 0 Å². The number of hydrogen-bond donors (Lipinski definition) is 0. The highest BCUT2D eigenvalue weighted by molar-refractivity contribution is 7.85. The molecule has 0 bridgehead atoms. The van der Waals surface area contributed by atoms with Gasteiger partial charge in [0.25, 0.3) is 0 Å². The van der Waals surface area contributed by atoms with E-state index in [9.17, 15) is 9.47 Å². The quantitative estimate of drug-likeness (QED) is 0.550. The summed E-state index contributed by atoms with van der Waals surface area (Å²) in [7, 11) is -1.38. The topological polar surface area (TPSA) is 40.9 Å². The molecule has 3 heteroatoms. The lowest BCUT2D eigenvalue weighted by Crippen LogP contribution is -2.26. The summed E-state index contributed by atoms with van der Waals surface area (Å²) < 4.78 is 13.2. The Morgan fingerprint density at radius 3 is 2.44 bits per heavy atom. The highest BCUT2D eigenvalue weighted by Gasteiger charge is 2.35. The van der Waals surface area contributed by atoms with Crippen LogP contribution in [0.2, 0.25) is 0 Å². The van der Waals surface area contributed by atoms with Gasteiger partial charge in [-0.15, -0.1) is 18.9 Å². The van der Waals surface area contributed by atoms with Crippen molar-refractivity contribution in [1.82, 2.24) is 0 Å². The van der Waals surface area contributed by atoms with Crippen molar-refractivity contribution in [3.05, 3.63) is 71.8 Å². The number of terminal acetylenes is 1. The molecule has 2 rings (SSSR count). The average Bonchev–Trinajstić information content (AvgIpc) is 2.61. The molecule has 0 N–H and O–H groups in total. The summed E-state index contributed by atoms with van der Waals surface area (Å²) in [6.07, 6.45) is 6.24. The Bertz CT molecular complexity index is 883. The van der Waals surface area contributed by atoms with Gasteiger partial charge in [0, 0.05) is 16.2 Å². The number of nitrogens with zero attached hydrogens (tertiary/aromatic N) is 1. The maximum Gasteiger partial charge on any atom is 0.0979 e. The zero-order valence-electron chi connectivity index (χ0n) is 14.6. The number of allylic oxidation sites excluding steroid dienone is 1. The molecule has 0 aromatic heterocycles. The molecule has 0 heterocycles. The van der Waals surface area contributed by atoms with Gasteiger partial charge in [-0.1, -0.05) is 41.5 Å². The summed E-state index contributed by atoms with van der Waals surface area (Å²) >= 11 is 0. The largest absolute Gasteiger partial charge is 0.249 e. The smallest absolute Gasteiger partial charge is 0.0979 e. The van der Waals surface area contributed by atoms with Crippen LogP contribution in [0.5, 0.6) is 0 Å². The summed E-state index contributed by atoms with van der Waals surface area (Å²) in [5, 5.41) is 9.94. The molecule has 0 radical (unpaired) electrons. The fourth-order valence-electron chi connectivity index (χ4n) is 2.89. The Morgan fingerprint density at radius 1 is 1.24 bits per heavy atom. The first kappa shape index (κ1) is 18.7. The second kappa shape index (κ2) is 7.97. The molecule has 2 atom stereocenters. The number of benzene rings is 2. The van der Waals surface area contributed by atoms with E-state index in [0.717, 1.165) is 16.7 Å². The Balaban J connectivity index is 2.61. The minimum atomic E-state index is -1.38. The van der Waals surface area contributed by atoms with E-state index in [-0.39, 0.29) is 6.42 Å². The first-order chi connectivity index (χ1) is 11.9. The van der Waals surface area contributed by atoms with Crippen LogP contribution in [0, 0.1) is 30.6 Å². The van der Waals surface area contributed by atoms with Gasteiger partial charge in [0.15, 0.2) is 0 Å². The molecule has 0 saturated heterocycles. The first-order valence-corrected chi connectivity index (χ1v) is 9.15. The summed E-state index contributed by atoms with van der Waals surface area (Å²) in [5.74, 6) is 2.61. The maximum atomic E-state index is 13.2. The average molecular weight is 347 g/mol. The lowest BCUT2D eigenvalue weighted by molar-refractivity contribution is 0.547. The minimum Gasteiger partial charge on any atom is -0.249 e. The van der Waals surface area contributed by atoms with E-state index in [2.05, 4.69) is 18.6 Å². The fourth-order valence-corrected chi connectivity index (χ4v) is 4.20. The molecule has 25 heavy (non-hydrogen) atoms. The van der Waals surface area contributed by atoms with E-state index in [0.29, 0.717) is 16.2 Å². The van der Waals surface area contributed by atoms with Gasteiger partial charge in [-0.3, -0.25) is 0 Å². The van der Waals surface area contributed by atoms with Crippen LogP contribution in [0.4, 0.5) is 0 Å². The van der Waals surface area contributed by atoms with Crippen molar-refractivity contribution < 1.29 is 4.21 Å². The van der Waals surface area contributed by atoms with E-state index in [1.807, 2.05) is 62.4 Å². The summed E-state index contributed by atoms with van der Waals surface area (Å²) in [6.45, 7) is 7.81. The standard InChI is InChI=1S/C22H21NOS/c1-5-14-22(16-23,15-17(2)3)20-8-6-7-9-21(20)25(24)19-12-10-18(4)11-13-19/h1,6-13H,2,14-15H2,3-4H3/t22-,25+/m1/s1. The zero-order valence-corrected chi connectivity index (χ0v) is 15.4. The number of rotatable bonds is 6. The van der Waals surface area contributed by atoms with Gasteiger partial charge in [-0.2, -0.15) is 5.26 Å². The summed E-state index contributed by atoms with van der Waals surface area (Å²) in [4.78, 5) is 1.34. The van der Waals surface area contributed by atoms with Crippen LogP contribution in [0.15, 0.2) is 70.5 Å². The molecular formula is C22H21NOS. The molecule has 2 nitrogen and oxygen atoms in total. The molecule has 0 fully saturated rings. The van der Waals surface area contributed by atoms with Crippen LogP contribution in [0.25, 0.3) is 0 Å². The molecule has 0 aliphatic heterocycles. The predicted octanol–water partition coefficient (Wildman–Crippen LogP) is 4.91. The van der Waals surface area contributed by atoms with Gasteiger partial charge >= 0.3 is 0 Å². The third kappa shape index (κ3) is 4.08. The molecule has 2 aromatic carbocycles. The van der Waals surface area contributed by atoms with Crippen molar-refractivity contribution in [1.29, 1.82) is 5.26 Å². The monoisotopic (exact) mass is 347 g/mol. The second-order valence-electron chi connectivity index (χ2n) is 6.29. The lowest BCUT2D eigenvalue weighted by Gasteiger charge is -2.27. The molecule has 126 valence electrons. The van der Waals surface area contributed by atoms with E-state index in [1.165, 1.54) is 0 Å². The Hall–Kier alpha value is -2.62. The molecular weight excluding hydrogens is 326 g/mol. The summed E-state index contributed by atoms with van der Waals surface area (Å²) in [6, 6.07) is 17.3. The van der Waals surface area contributed by atoms with Crippen LogP contribution in [0.1, 0.15) is 30.9 Å². The van der Waals surface area contributed by atoms with Crippen LogP contribution in [0.3, 0.4) is 0 Å². The van der Waals surface area contributed by atoms with Crippen LogP contribution in [-0.2, 0) is 16.2 Å². The van der Waals surface area contributed by atoms with E-state index < -0.39 is 16.2 Å². The van der Waals surface area contributed by atoms with Crippen molar-refractivity contribution in [3.63, 3.8) is 0 Å².